The Labute approximate surface area is 201 Å². The summed E-state index contributed by atoms with van der Waals surface area (Å²) in [4.78, 5) is 27.3. The number of nitrogens with two attached hydrogens (primary N) is 1. The van der Waals surface area contributed by atoms with Crippen molar-refractivity contribution in [2.45, 2.75) is 38.3 Å². The van der Waals surface area contributed by atoms with E-state index in [0.717, 1.165) is 12.1 Å². The molecule has 0 aliphatic carbocycles. The van der Waals surface area contributed by atoms with Crippen LogP contribution in [0.3, 0.4) is 0 Å². The summed E-state index contributed by atoms with van der Waals surface area (Å²) >= 11 is 0. The number of hydrogen-bond donors (Lipinski definition) is 1. The van der Waals surface area contributed by atoms with Crippen molar-refractivity contribution < 1.29 is 27.1 Å². The van der Waals surface area contributed by atoms with Crippen LogP contribution in [0.1, 0.15) is 46.7 Å². The van der Waals surface area contributed by atoms with E-state index in [2.05, 4.69) is 15.0 Å². The molecule has 2 aliphatic heterocycles. The Morgan fingerprint density at radius 3 is 2.78 bits per heavy atom. The standard InChI is InChI=1S/C24H20F4N6O2/c1-11-4-19-21(12-2-3-20(24(26,27)28)31-16(12)9-36-19)33(8-11)23(35)13-5-17-15(6-14(13)25)32-22(29)18-7-30-10-34(17)18/h2-3,5-7,10-11,19,21H,4,8-9H2,1H3,(H2,29,32)/t11?,19?,21-/m0/s1. The van der Waals surface area contributed by atoms with Crippen LogP contribution in [0.15, 0.2) is 36.8 Å². The zero-order chi connectivity index (χ0) is 25.4. The lowest BCUT2D eigenvalue weighted by molar-refractivity contribution is -0.141. The highest BCUT2D eigenvalue weighted by Crippen LogP contribution is 2.42. The van der Waals surface area contributed by atoms with E-state index in [9.17, 15) is 18.0 Å². The predicted octanol–water partition coefficient (Wildman–Crippen LogP) is 4.14. The molecule has 1 fully saturated rings. The summed E-state index contributed by atoms with van der Waals surface area (Å²) in [6, 6.07) is 4.11. The van der Waals surface area contributed by atoms with Crippen LogP contribution in [-0.4, -0.2) is 42.8 Å². The normalized spacial score (nSPS) is 22.0. The first-order chi connectivity index (χ1) is 17.1. The van der Waals surface area contributed by atoms with Gasteiger partial charge in [-0.15, -0.1) is 0 Å². The Morgan fingerprint density at radius 2 is 2.00 bits per heavy atom. The summed E-state index contributed by atoms with van der Waals surface area (Å²) in [6.45, 7) is 2.13. The van der Waals surface area contributed by atoms with E-state index in [1.165, 1.54) is 29.6 Å². The van der Waals surface area contributed by atoms with Crippen molar-refractivity contribution in [1.82, 2.24) is 24.3 Å². The molecule has 1 amide bonds. The number of alkyl halides is 3. The number of nitrogen functional groups attached to an aromatic ring is 1. The van der Waals surface area contributed by atoms with Gasteiger partial charge in [-0.3, -0.25) is 9.20 Å². The molecule has 186 valence electrons. The van der Waals surface area contributed by atoms with Gasteiger partial charge in [0.15, 0.2) is 0 Å². The zero-order valence-electron chi connectivity index (χ0n) is 19.0. The van der Waals surface area contributed by atoms with Crippen molar-refractivity contribution in [3.8, 4) is 0 Å². The van der Waals surface area contributed by atoms with Crippen molar-refractivity contribution >= 4 is 28.3 Å². The second-order valence-electron chi connectivity index (χ2n) is 9.29. The second kappa shape index (κ2) is 7.85. The largest absolute Gasteiger partial charge is 0.433 e. The lowest BCUT2D eigenvalue weighted by Crippen LogP contribution is -2.51. The molecule has 1 saturated heterocycles. The number of aromatic nitrogens is 4. The SMILES string of the molecule is CC1CC2OCc3nc(C(F)(F)F)ccc3[C@@H]2N(C(=O)c2cc3c(cc2F)nc(N)c2cncn23)C1. The summed E-state index contributed by atoms with van der Waals surface area (Å²) in [5.41, 5.74) is 6.54. The van der Waals surface area contributed by atoms with Crippen LogP contribution in [0.25, 0.3) is 16.6 Å². The number of rotatable bonds is 1. The lowest BCUT2D eigenvalue weighted by atomic mass is 9.84. The van der Waals surface area contributed by atoms with E-state index < -0.39 is 35.7 Å². The van der Waals surface area contributed by atoms with E-state index in [4.69, 9.17) is 10.5 Å². The zero-order valence-corrected chi connectivity index (χ0v) is 19.0. The number of hydrogen-bond acceptors (Lipinski definition) is 6. The van der Waals surface area contributed by atoms with Crippen molar-refractivity contribution in [2.75, 3.05) is 12.3 Å². The first-order valence-corrected chi connectivity index (χ1v) is 11.3. The van der Waals surface area contributed by atoms with Gasteiger partial charge in [0.05, 0.1) is 53.6 Å². The van der Waals surface area contributed by atoms with Crippen molar-refractivity contribution in [2.24, 2.45) is 5.92 Å². The van der Waals surface area contributed by atoms with Gasteiger partial charge < -0.3 is 15.4 Å². The number of carbonyl (C=O) groups excluding carboxylic acids is 1. The number of fused-ring (bicyclic) bond motifs is 6. The topological polar surface area (TPSA) is 98.6 Å². The van der Waals surface area contributed by atoms with Gasteiger partial charge in [-0.1, -0.05) is 13.0 Å². The number of nitrogens with zero attached hydrogens (tertiary/aromatic N) is 5. The minimum atomic E-state index is -4.60. The number of ether oxygens (including phenoxy) is 1. The summed E-state index contributed by atoms with van der Waals surface area (Å²) in [5.74, 6) is -1.18. The van der Waals surface area contributed by atoms with Gasteiger partial charge in [-0.25, -0.2) is 19.3 Å². The third-order valence-corrected chi connectivity index (χ3v) is 6.84. The number of pyridine rings is 1. The second-order valence-corrected chi connectivity index (χ2v) is 9.29. The van der Waals surface area contributed by atoms with Crippen LogP contribution in [-0.2, 0) is 17.5 Å². The molecule has 2 aliphatic rings. The van der Waals surface area contributed by atoms with Crippen LogP contribution in [0, 0.1) is 11.7 Å². The van der Waals surface area contributed by atoms with Gasteiger partial charge in [0.2, 0.25) is 0 Å². The molecule has 5 heterocycles. The molecule has 0 spiro atoms. The molecule has 1 aromatic carbocycles. The molecule has 0 saturated carbocycles. The molecular weight excluding hydrogens is 480 g/mol. The number of carbonyl (C=O) groups is 1. The maximum absolute atomic E-state index is 15.3. The Kier molecular flexibility index (Phi) is 4.94. The van der Waals surface area contributed by atoms with Crippen molar-refractivity contribution in [3.05, 3.63) is 65.1 Å². The fourth-order valence-electron chi connectivity index (χ4n) is 5.24. The van der Waals surface area contributed by atoms with Crippen LogP contribution in [0.5, 0.6) is 0 Å². The highest BCUT2D eigenvalue weighted by Gasteiger charge is 2.44. The van der Waals surface area contributed by atoms with Crippen LogP contribution >= 0.6 is 0 Å². The molecule has 36 heavy (non-hydrogen) atoms. The fraction of sp³-hybridized carbons (Fsp3) is 0.333. The monoisotopic (exact) mass is 500 g/mol. The molecule has 2 unspecified atom stereocenters. The van der Waals surface area contributed by atoms with Crippen LogP contribution in [0.2, 0.25) is 0 Å². The molecule has 3 aromatic heterocycles. The van der Waals surface area contributed by atoms with Gasteiger partial charge in [-0.05, 0) is 24.5 Å². The van der Waals surface area contributed by atoms with Gasteiger partial charge in [0.1, 0.15) is 22.8 Å². The summed E-state index contributed by atoms with van der Waals surface area (Å²) in [7, 11) is 0. The summed E-state index contributed by atoms with van der Waals surface area (Å²) in [6.07, 6.45) is -1.44. The third-order valence-electron chi connectivity index (χ3n) is 6.84. The number of piperidine rings is 1. The van der Waals surface area contributed by atoms with E-state index >= 15 is 4.39 Å². The minimum Gasteiger partial charge on any atom is -0.382 e. The number of halogens is 4. The summed E-state index contributed by atoms with van der Waals surface area (Å²) in [5, 5.41) is 0. The third kappa shape index (κ3) is 3.47. The number of likely N-dealkylation sites (tertiary alicyclic amines) is 1. The molecule has 4 aromatic rings. The predicted molar refractivity (Wildman–Crippen MR) is 120 cm³/mol. The highest BCUT2D eigenvalue weighted by molar-refractivity contribution is 5.99. The quantitative estimate of drug-likeness (QED) is 0.395. The molecule has 0 radical (unpaired) electrons. The van der Waals surface area contributed by atoms with Gasteiger partial charge >= 0.3 is 6.18 Å². The smallest absolute Gasteiger partial charge is 0.382 e. The maximum Gasteiger partial charge on any atom is 0.433 e. The van der Waals surface area contributed by atoms with Gasteiger partial charge in [-0.2, -0.15) is 13.2 Å². The molecule has 0 bridgehead atoms. The number of anilines is 1. The highest BCUT2D eigenvalue weighted by atomic mass is 19.4. The first-order valence-electron chi connectivity index (χ1n) is 11.3. The van der Waals surface area contributed by atoms with Crippen LogP contribution in [0.4, 0.5) is 23.4 Å². The number of benzene rings is 1. The molecular formula is C24H20F4N6O2. The number of amides is 1. The van der Waals surface area contributed by atoms with E-state index in [0.29, 0.717) is 23.0 Å². The number of imidazole rings is 1. The Balaban J connectivity index is 1.46. The van der Waals surface area contributed by atoms with Gasteiger partial charge in [0, 0.05) is 18.2 Å². The van der Waals surface area contributed by atoms with E-state index in [1.807, 2.05) is 6.92 Å². The van der Waals surface area contributed by atoms with Crippen molar-refractivity contribution in [1.29, 1.82) is 0 Å². The van der Waals surface area contributed by atoms with Gasteiger partial charge in [0.25, 0.3) is 5.91 Å². The van der Waals surface area contributed by atoms with Crippen molar-refractivity contribution in [3.63, 3.8) is 0 Å². The van der Waals surface area contributed by atoms with E-state index in [-0.39, 0.29) is 41.7 Å². The maximum atomic E-state index is 15.3. The molecule has 3 atom stereocenters. The fourth-order valence-corrected chi connectivity index (χ4v) is 5.24. The lowest BCUT2D eigenvalue weighted by Gasteiger charge is -2.46. The average molecular weight is 500 g/mol. The molecule has 12 heteroatoms. The van der Waals surface area contributed by atoms with Crippen LogP contribution < -0.4 is 5.73 Å². The molecule has 2 N–H and O–H groups in total. The Morgan fingerprint density at radius 1 is 1.19 bits per heavy atom. The minimum absolute atomic E-state index is 0.0319. The Bertz CT molecular complexity index is 1530. The molecule has 8 nitrogen and oxygen atoms in total. The Hall–Kier alpha value is -3.80. The summed E-state index contributed by atoms with van der Waals surface area (Å²) < 4.78 is 62.4. The van der Waals surface area contributed by atoms with E-state index in [1.54, 1.807) is 4.40 Å². The molecule has 6 rings (SSSR count). The average Bonchev–Trinajstić information content (AvgIpc) is 3.32. The first kappa shape index (κ1) is 22.7.